The second kappa shape index (κ2) is 5.77. The molecule has 6 nitrogen and oxygen atoms in total. The third kappa shape index (κ3) is 4.70. The molecule has 0 radical (unpaired) electrons. The van der Waals surface area contributed by atoms with Crippen LogP contribution in [0.3, 0.4) is 0 Å². The molecule has 0 unspecified atom stereocenters. The van der Waals surface area contributed by atoms with Crippen LogP contribution in [0.4, 0.5) is 5.69 Å². The van der Waals surface area contributed by atoms with Gasteiger partial charge in [-0.2, -0.15) is 0 Å². The van der Waals surface area contributed by atoms with Gasteiger partial charge in [0.1, 0.15) is 10.6 Å². The molecular formula is C12H20N2O4S. The molecule has 0 heterocycles. The summed E-state index contributed by atoms with van der Waals surface area (Å²) in [6, 6.07) is 4.30. The second-order valence-electron chi connectivity index (χ2n) is 4.81. The van der Waals surface area contributed by atoms with Crippen molar-refractivity contribution in [3.8, 4) is 5.75 Å². The Balaban J connectivity index is 2.70. The summed E-state index contributed by atoms with van der Waals surface area (Å²) in [5.41, 5.74) is 5.43. The van der Waals surface area contributed by atoms with Crippen LogP contribution in [0.25, 0.3) is 0 Å². The normalized spacial score (nSPS) is 12.4. The molecule has 0 aliphatic rings. The lowest BCUT2D eigenvalue weighted by Gasteiger charge is -2.22. The Hall–Kier alpha value is -1.31. The van der Waals surface area contributed by atoms with Gasteiger partial charge in [0.25, 0.3) is 0 Å². The minimum atomic E-state index is -3.80. The Labute approximate surface area is 113 Å². The van der Waals surface area contributed by atoms with Crippen LogP contribution in [0, 0.1) is 0 Å². The fourth-order valence-electron chi connectivity index (χ4n) is 1.39. The Kier molecular flexibility index (Phi) is 4.78. The molecule has 1 aromatic rings. The lowest BCUT2D eigenvalue weighted by atomic mass is 10.1. The molecule has 108 valence electrons. The van der Waals surface area contributed by atoms with Gasteiger partial charge in [-0.15, -0.1) is 0 Å². The number of rotatable bonds is 6. The fourth-order valence-corrected chi connectivity index (χ4v) is 2.04. The number of hydrogen-bond acceptors (Lipinski definition) is 5. The van der Waals surface area contributed by atoms with Crippen LogP contribution in [0.5, 0.6) is 5.75 Å². The third-order valence-corrected chi connectivity index (χ3v) is 3.80. The molecule has 0 amide bonds. The standard InChI is InChI=1S/C12H20N2O4S/c1-12(2,17-3)6-7-18-9-4-5-11(10(13)8-9)19(14,15)16/h4-5,8H,6-7,13H2,1-3H3,(H2,14,15,16). The molecule has 0 aliphatic heterocycles. The van der Waals surface area contributed by atoms with Gasteiger partial charge in [-0.1, -0.05) is 0 Å². The topological polar surface area (TPSA) is 105 Å². The van der Waals surface area contributed by atoms with Crippen LogP contribution < -0.4 is 15.6 Å². The number of primary sulfonamides is 1. The summed E-state index contributed by atoms with van der Waals surface area (Å²) >= 11 is 0. The van der Waals surface area contributed by atoms with Crippen molar-refractivity contribution in [1.29, 1.82) is 0 Å². The molecule has 19 heavy (non-hydrogen) atoms. The average molecular weight is 288 g/mol. The first-order valence-corrected chi connectivity index (χ1v) is 7.30. The SMILES string of the molecule is COC(C)(C)CCOc1ccc(S(N)(=O)=O)c(N)c1. The van der Waals surface area contributed by atoms with Crippen molar-refractivity contribution in [2.45, 2.75) is 30.8 Å². The van der Waals surface area contributed by atoms with Gasteiger partial charge in [0, 0.05) is 19.6 Å². The van der Waals surface area contributed by atoms with Crippen molar-refractivity contribution in [3.63, 3.8) is 0 Å². The molecule has 1 aromatic carbocycles. The van der Waals surface area contributed by atoms with E-state index in [1.807, 2.05) is 13.8 Å². The maximum absolute atomic E-state index is 11.2. The monoisotopic (exact) mass is 288 g/mol. The Bertz CT molecular complexity index is 541. The zero-order valence-corrected chi connectivity index (χ0v) is 12.2. The van der Waals surface area contributed by atoms with Crippen molar-refractivity contribution in [2.24, 2.45) is 5.14 Å². The summed E-state index contributed by atoms with van der Waals surface area (Å²) in [5, 5.41) is 5.02. The largest absolute Gasteiger partial charge is 0.493 e. The number of anilines is 1. The van der Waals surface area contributed by atoms with Crippen LogP contribution in [0.2, 0.25) is 0 Å². The molecular weight excluding hydrogens is 268 g/mol. The predicted molar refractivity (Wildman–Crippen MR) is 73.4 cm³/mol. The lowest BCUT2D eigenvalue weighted by molar-refractivity contribution is 0.00546. The van der Waals surface area contributed by atoms with Crippen LogP contribution in [0.1, 0.15) is 20.3 Å². The summed E-state index contributed by atoms with van der Waals surface area (Å²) in [6.07, 6.45) is 0.695. The van der Waals surface area contributed by atoms with Crippen LogP contribution >= 0.6 is 0 Å². The number of methoxy groups -OCH3 is 1. The highest BCUT2D eigenvalue weighted by molar-refractivity contribution is 7.89. The highest BCUT2D eigenvalue weighted by Crippen LogP contribution is 2.23. The Morgan fingerprint density at radius 1 is 1.32 bits per heavy atom. The number of nitrogens with two attached hydrogens (primary N) is 2. The molecule has 4 N–H and O–H groups in total. The molecule has 0 spiro atoms. The second-order valence-corrected chi connectivity index (χ2v) is 6.34. The molecule has 0 atom stereocenters. The van der Waals surface area contributed by atoms with Gasteiger partial charge in [0.2, 0.25) is 10.0 Å². The molecule has 1 rings (SSSR count). The number of hydrogen-bond donors (Lipinski definition) is 2. The first kappa shape index (κ1) is 15.7. The summed E-state index contributed by atoms with van der Waals surface area (Å²) in [6.45, 7) is 4.35. The lowest BCUT2D eigenvalue weighted by Crippen LogP contribution is -2.25. The van der Waals surface area contributed by atoms with E-state index in [9.17, 15) is 8.42 Å². The van der Waals surface area contributed by atoms with E-state index in [4.69, 9.17) is 20.3 Å². The van der Waals surface area contributed by atoms with Crippen molar-refractivity contribution >= 4 is 15.7 Å². The van der Waals surface area contributed by atoms with Gasteiger partial charge in [-0.3, -0.25) is 0 Å². The van der Waals surface area contributed by atoms with Crippen molar-refractivity contribution in [3.05, 3.63) is 18.2 Å². The molecule has 0 saturated heterocycles. The van der Waals surface area contributed by atoms with E-state index in [0.717, 1.165) is 0 Å². The van der Waals surface area contributed by atoms with Crippen molar-refractivity contribution < 1.29 is 17.9 Å². The zero-order chi connectivity index (χ0) is 14.7. The molecule has 7 heteroatoms. The van der Waals surface area contributed by atoms with Crippen molar-refractivity contribution in [2.75, 3.05) is 19.5 Å². The van der Waals surface area contributed by atoms with Gasteiger partial charge in [-0.25, -0.2) is 13.6 Å². The van der Waals surface area contributed by atoms with E-state index in [1.54, 1.807) is 7.11 Å². The van der Waals surface area contributed by atoms with Gasteiger partial charge >= 0.3 is 0 Å². The predicted octanol–water partition coefficient (Wildman–Crippen LogP) is 1.11. The minimum absolute atomic E-state index is 0.0750. The van der Waals surface area contributed by atoms with E-state index >= 15 is 0 Å². The fraction of sp³-hybridized carbons (Fsp3) is 0.500. The molecule has 0 bridgehead atoms. The summed E-state index contributed by atoms with van der Waals surface area (Å²) in [5.74, 6) is 0.497. The smallest absolute Gasteiger partial charge is 0.240 e. The minimum Gasteiger partial charge on any atom is -0.493 e. The van der Waals surface area contributed by atoms with Gasteiger partial charge in [-0.05, 0) is 26.0 Å². The number of nitrogen functional groups attached to an aromatic ring is 1. The van der Waals surface area contributed by atoms with E-state index in [2.05, 4.69) is 0 Å². The first-order chi connectivity index (χ1) is 8.65. The summed E-state index contributed by atoms with van der Waals surface area (Å²) < 4.78 is 33.1. The Morgan fingerprint density at radius 2 is 1.95 bits per heavy atom. The molecule has 0 fully saturated rings. The number of ether oxygens (including phenoxy) is 2. The number of sulfonamides is 1. The maximum Gasteiger partial charge on any atom is 0.240 e. The maximum atomic E-state index is 11.2. The van der Waals surface area contributed by atoms with Crippen LogP contribution in [-0.4, -0.2) is 27.7 Å². The van der Waals surface area contributed by atoms with Crippen LogP contribution in [-0.2, 0) is 14.8 Å². The van der Waals surface area contributed by atoms with Crippen molar-refractivity contribution in [1.82, 2.24) is 0 Å². The van der Waals surface area contributed by atoms with E-state index in [0.29, 0.717) is 18.8 Å². The molecule has 0 aliphatic carbocycles. The summed E-state index contributed by atoms with van der Waals surface area (Å²) in [7, 11) is -2.16. The highest BCUT2D eigenvalue weighted by atomic mass is 32.2. The van der Waals surface area contributed by atoms with E-state index < -0.39 is 10.0 Å². The Morgan fingerprint density at radius 3 is 2.42 bits per heavy atom. The molecule has 0 aromatic heterocycles. The molecule has 0 saturated carbocycles. The highest BCUT2D eigenvalue weighted by Gasteiger charge is 2.17. The van der Waals surface area contributed by atoms with E-state index in [-0.39, 0.29) is 16.2 Å². The quantitative estimate of drug-likeness (QED) is 0.763. The first-order valence-electron chi connectivity index (χ1n) is 5.76. The van der Waals surface area contributed by atoms with Gasteiger partial charge in [0.15, 0.2) is 0 Å². The third-order valence-electron chi connectivity index (χ3n) is 2.81. The van der Waals surface area contributed by atoms with E-state index in [1.165, 1.54) is 18.2 Å². The van der Waals surface area contributed by atoms with Gasteiger partial charge < -0.3 is 15.2 Å². The zero-order valence-electron chi connectivity index (χ0n) is 11.3. The summed E-state index contributed by atoms with van der Waals surface area (Å²) in [4.78, 5) is -0.0999. The number of benzene rings is 1. The van der Waals surface area contributed by atoms with Gasteiger partial charge in [0.05, 0.1) is 17.9 Å². The van der Waals surface area contributed by atoms with Crippen LogP contribution in [0.15, 0.2) is 23.1 Å². The average Bonchev–Trinajstić information content (AvgIpc) is 2.27.